The van der Waals surface area contributed by atoms with E-state index in [1.54, 1.807) is 0 Å². The Bertz CT molecular complexity index is 1140. The first-order valence-electron chi connectivity index (χ1n) is 10.8. The molecule has 0 aliphatic carbocycles. The number of nitrogens with zero attached hydrogens (tertiary/aromatic N) is 4. The van der Waals surface area contributed by atoms with Crippen LogP contribution >= 0.6 is 11.3 Å². The first kappa shape index (κ1) is 20.2. The minimum atomic E-state index is -0.621. The molecular formula is C23H27N5O2S. The van der Waals surface area contributed by atoms with Crippen LogP contribution in [-0.2, 0) is 6.54 Å². The quantitative estimate of drug-likeness (QED) is 0.680. The van der Waals surface area contributed by atoms with Crippen molar-refractivity contribution in [2.45, 2.75) is 32.7 Å². The second-order valence-corrected chi connectivity index (χ2v) is 10.2. The number of hydrogen-bond donors (Lipinski definition) is 1. The van der Waals surface area contributed by atoms with Crippen LogP contribution in [0, 0.1) is 12.3 Å². The number of carbonyl (C=O) groups is 2. The Morgan fingerprint density at radius 1 is 1.13 bits per heavy atom. The van der Waals surface area contributed by atoms with Gasteiger partial charge in [-0.05, 0) is 67.3 Å². The molecule has 162 valence electrons. The number of fused-ring (bicyclic) bond motifs is 1. The molecule has 1 spiro atoms. The summed E-state index contributed by atoms with van der Waals surface area (Å²) in [5.74, 6) is -0.621. The molecule has 1 aromatic carbocycles. The van der Waals surface area contributed by atoms with E-state index in [9.17, 15) is 9.59 Å². The van der Waals surface area contributed by atoms with Crippen LogP contribution in [0.5, 0.6) is 0 Å². The maximum atomic E-state index is 12.7. The van der Waals surface area contributed by atoms with Gasteiger partial charge in [0.15, 0.2) is 5.69 Å². The molecule has 2 N–H and O–H groups in total. The normalized spacial score (nSPS) is 18.8. The van der Waals surface area contributed by atoms with Gasteiger partial charge in [0.25, 0.3) is 5.91 Å². The minimum Gasteiger partial charge on any atom is -0.364 e. The van der Waals surface area contributed by atoms with Crippen LogP contribution in [0.15, 0.2) is 36.5 Å². The zero-order valence-corrected chi connectivity index (χ0v) is 18.5. The average molecular weight is 438 g/mol. The fourth-order valence-corrected chi connectivity index (χ4v) is 6.15. The second-order valence-electron chi connectivity index (χ2n) is 8.99. The Morgan fingerprint density at radius 2 is 1.90 bits per heavy atom. The molecule has 0 atom stereocenters. The number of aromatic nitrogens is 2. The Kier molecular flexibility index (Phi) is 5.06. The van der Waals surface area contributed by atoms with E-state index in [0.717, 1.165) is 45.6 Å². The molecule has 4 heterocycles. The molecule has 0 unspecified atom stereocenters. The van der Waals surface area contributed by atoms with E-state index in [4.69, 9.17) is 5.73 Å². The van der Waals surface area contributed by atoms with E-state index in [-0.39, 0.29) is 11.7 Å². The lowest BCUT2D eigenvalue weighted by molar-refractivity contribution is 0.0994. The largest absolute Gasteiger partial charge is 0.364 e. The van der Waals surface area contributed by atoms with Crippen LogP contribution in [0.25, 0.3) is 10.1 Å². The summed E-state index contributed by atoms with van der Waals surface area (Å²) in [6, 6.07) is 10.3. The summed E-state index contributed by atoms with van der Waals surface area (Å²) in [6.07, 6.45) is 4.71. The molecule has 2 aliphatic heterocycles. The van der Waals surface area contributed by atoms with E-state index < -0.39 is 5.91 Å². The third-order valence-corrected chi connectivity index (χ3v) is 7.84. The number of carbonyl (C=O) groups excluding carboxylic acids is 2. The van der Waals surface area contributed by atoms with Crippen LogP contribution < -0.4 is 5.73 Å². The number of benzene rings is 1. The van der Waals surface area contributed by atoms with Crippen molar-refractivity contribution < 1.29 is 9.59 Å². The molecule has 0 bridgehead atoms. The summed E-state index contributed by atoms with van der Waals surface area (Å²) in [7, 11) is 0. The SMILES string of the molecule is Cc1ccc2cc(CN3CCC4(CCN(C(=O)n5ccc(C(N)=O)n5)CC4)C3)sc2c1. The average Bonchev–Trinajstić information content (AvgIpc) is 3.47. The van der Waals surface area contributed by atoms with Gasteiger partial charge in [0.05, 0.1) is 0 Å². The van der Waals surface area contributed by atoms with Gasteiger partial charge < -0.3 is 10.6 Å². The van der Waals surface area contributed by atoms with Crippen molar-refractivity contribution in [1.29, 1.82) is 0 Å². The van der Waals surface area contributed by atoms with Gasteiger partial charge in [-0.25, -0.2) is 4.79 Å². The molecular weight excluding hydrogens is 410 g/mol. The van der Waals surface area contributed by atoms with Gasteiger partial charge in [0.1, 0.15) is 0 Å². The minimum absolute atomic E-state index is 0.115. The molecule has 0 radical (unpaired) electrons. The van der Waals surface area contributed by atoms with Crippen LogP contribution in [0.3, 0.4) is 0 Å². The molecule has 2 aliphatic rings. The van der Waals surface area contributed by atoms with Crippen molar-refractivity contribution in [3.8, 4) is 0 Å². The van der Waals surface area contributed by atoms with Gasteiger partial charge in [-0.2, -0.15) is 9.78 Å². The highest BCUT2D eigenvalue weighted by Gasteiger charge is 2.41. The van der Waals surface area contributed by atoms with Crippen molar-refractivity contribution in [3.63, 3.8) is 0 Å². The first-order chi connectivity index (χ1) is 14.9. The Labute approximate surface area is 185 Å². The number of amides is 2. The summed E-state index contributed by atoms with van der Waals surface area (Å²) in [5, 5.41) is 5.34. The van der Waals surface area contributed by atoms with E-state index >= 15 is 0 Å². The molecule has 3 aromatic rings. The van der Waals surface area contributed by atoms with E-state index in [1.165, 1.54) is 43.9 Å². The fourth-order valence-electron chi connectivity index (χ4n) is 4.94. The number of primary amides is 1. The van der Waals surface area contributed by atoms with E-state index in [1.807, 2.05) is 16.2 Å². The van der Waals surface area contributed by atoms with Crippen molar-refractivity contribution in [3.05, 3.63) is 52.7 Å². The molecule has 2 fully saturated rings. The highest BCUT2D eigenvalue weighted by Crippen LogP contribution is 2.41. The number of nitrogens with two attached hydrogens (primary N) is 1. The highest BCUT2D eigenvalue weighted by molar-refractivity contribution is 7.19. The summed E-state index contributed by atoms with van der Waals surface area (Å²) in [5.41, 5.74) is 6.96. The number of piperidine rings is 1. The molecule has 0 saturated carbocycles. The summed E-state index contributed by atoms with van der Waals surface area (Å²) < 4.78 is 2.59. The zero-order valence-electron chi connectivity index (χ0n) is 17.7. The zero-order chi connectivity index (χ0) is 21.6. The highest BCUT2D eigenvalue weighted by atomic mass is 32.1. The Morgan fingerprint density at radius 3 is 2.65 bits per heavy atom. The van der Waals surface area contributed by atoms with Gasteiger partial charge in [0, 0.05) is 42.0 Å². The fraction of sp³-hybridized carbons (Fsp3) is 0.435. The van der Waals surface area contributed by atoms with Crippen LogP contribution in [0.1, 0.15) is 40.2 Å². The van der Waals surface area contributed by atoms with Gasteiger partial charge >= 0.3 is 6.03 Å². The van der Waals surface area contributed by atoms with Gasteiger partial charge in [-0.3, -0.25) is 9.69 Å². The summed E-state index contributed by atoms with van der Waals surface area (Å²) in [6.45, 7) is 6.80. The number of likely N-dealkylation sites (tertiary alicyclic amines) is 2. The summed E-state index contributed by atoms with van der Waals surface area (Å²) in [4.78, 5) is 29.8. The van der Waals surface area contributed by atoms with Crippen LogP contribution in [0.4, 0.5) is 4.79 Å². The van der Waals surface area contributed by atoms with Crippen LogP contribution in [0.2, 0.25) is 0 Å². The third-order valence-electron chi connectivity index (χ3n) is 6.76. The number of hydrogen-bond acceptors (Lipinski definition) is 5. The molecule has 31 heavy (non-hydrogen) atoms. The topological polar surface area (TPSA) is 84.5 Å². The summed E-state index contributed by atoms with van der Waals surface area (Å²) >= 11 is 1.90. The van der Waals surface area contributed by atoms with E-state index in [0.29, 0.717) is 5.41 Å². The first-order valence-corrected chi connectivity index (χ1v) is 11.6. The molecule has 5 rings (SSSR count). The van der Waals surface area contributed by atoms with Gasteiger partial charge in [0.2, 0.25) is 0 Å². The molecule has 7 nitrogen and oxygen atoms in total. The Balaban J connectivity index is 1.19. The molecule has 2 amide bonds. The maximum absolute atomic E-state index is 12.7. The predicted molar refractivity (Wildman–Crippen MR) is 121 cm³/mol. The lowest BCUT2D eigenvalue weighted by atomic mass is 9.78. The van der Waals surface area contributed by atoms with Gasteiger partial charge in [-0.1, -0.05) is 12.1 Å². The second kappa shape index (κ2) is 7.76. The van der Waals surface area contributed by atoms with Gasteiger partial charge in [-0.15, -0.1) is 11.3 Å². The number of aryl methyl sites for hydroxylation is 1. The lowest BCUT2D eigenvalue weighted by Crippen LogP contribution is -2.45. The maximum Gasteiger partial charge on any atom is 0.344 e. The van der Waals surface area contributed by atoms with Crippen molar-refractivity contribution in [2.75, 3.05) is 26.2 Å². The standard InChI is InChI=1S/C23H27N5O2S/c1-16-2-3-17-13-18(31-20(17)12-16)14-26-9-5-23(15-26)6-10-27(11-7-23)22(30)28-8-4-19(25-28)21(24)29/h2-4,8,12-13H,5-7,9-11,14-15H2,1H3,(H2,24,29). The van der Waals surface area contributed by atoms with E-state index in [2.05, 4.69) is 41.2 Å². The predicted octanol–water partition coefficient (Wildman–Crippen LogP) is 3.46. The lowest BCUT2D eigenvalue weighted by Gasteiger charge is -2.39. The monoisotopic (exact) mass is 437 g/mol. The van der Waals surface area contributed by atoms with Crippen LogP contribution in [-0.4, -0.2) is 57.7 Å². The smallest absolute Gasteiger partial charge is 0.344 e. The number of rotatable bonds is 3. The third kappa shape index (κ3) is 3.97. The molecule has 2 saturated heterocycles. The molecule has 8 heteroatoms. The molecule has 2 aromatic heterocycles. The van der Waals surface area contributed by atoms with Crippen molar-refractivity contribution in [2.24, 2.45) is 11.1 Å². The number of thiophene rings is 1. The van der Waals surface area contributed by atoms with Crippen molar-refractivity contribution >= 4 is 33.4 Å². The Hall–Kier alpha value is -2.71. The van der Waals surface area contributed by atoms with Crippen molar-refractivity contribution in [1.82, 2.24) is 19.6 Å².